The van der Waals surface area contributed by atoms with E-state index < -0.39 is 12.1 Å². The van der Waals surface area contributed by atoms with Crippen LogP contribution in [0, 0.1) is 0 Å². The first-order valence-electron chi connectivity index (χ1n) is 10.8. The summed E-state index contributed by atoms with van der Waals surface area (Å²) in [6.45, 7) is 0.726. The molecule has 0 saturated heterocycles. The van der Waals surface area contributed by atoms with Gasteiger partial charge in [-0.05, 0) is 48.0 Å². The van der Waals surface area contributed by atoms with Crippen molar-refractivity contribution in [3.8, 4) is 0 Å². The Morgan fingerprint density at radius 1 is 0.906 bits per heavy atom. The molecule has 2 saturated carbocycles. The molecular weight excluding hydrogens is 406 g/mol. The molecule has 0 unspecified atom stereocenters. The first kappa shape index (κ1) is 21.8. The van der Waals surface area contributed by atoms with Crippen LogP contribution in [-0.4, -0.2) is 25.3 Å². The number of rotatable bonds is 7. The normalized spacial score (nSPS) is 18.8. The first-order valence-corrected chi connectivity index (χ1v) is 10.8. The van der Waals surface area contributed by atoms with Gasteiger partial charge in [0.1, 0.15) is 12.3 Å². The molecule has 4 rings (SSSR count). The molecule has 6 heteroatoms. The average Bonchev–Trinajstić information content (AvgIpc) is 2.78. The van der Waals surface area contributed by atoms with Crippen LogP contribution in [-0.2, 0) is 32.2 Å². The number of carbonyl (C=O) groups excluding carboxylic acids is 2. The van der Waals surface area contributed by atoms with Gasteiger partial charge in [0.15, 0.2) is 0 Å². The van der Waals surface area contributed by atoms with Crippen molar-refractivity contribution in [2.45, 2.75) is 45.0 Å². The first-order chi connectivity index (χ1) is 15.6. The van der Waals surface area contributed by atoms with E-state index in [0.29, 0.717) is 6.61 Å². The van der Waals surface area contributed by atoms with Crippen LogP contribution in [0.3, 0.4) is 0 Å². The van der Waals surface area contributed by atoms with Crippen LogP contribution in [0.4, 0.5) is 4.79 Å². The molecule has 2 aromatic rings. The molecule has 0 spiro atoms. The second kappa shape index (κ2) is 10.3. The number of alkyl carbamates (subject to hydrolysis) is 1. The number of esters is 1. The Balaban J connectivity index is 1.36. The van der Waals surface area contributed by atoms with E-state index in [1.807, 2.05) is 48.5 Å². The van der Waals surface area contributed by atoms with E-state index in [9.17, 15) is 9.59 Å². The smallest absolute Gasteiger partial charge is 0.412 e. The number of ether oxygens (including phenoxy) is 3. The summed E-state index contributed by atoms with van der Waals surface area (Å²) >= 11 is 0. The Morgan fingerprint density at radius 3 is 2.09 bits per heavy atom. The van der Waals surface area contributed by atoms with E-state index in [1.54, 1.807) is 0 Å². The molecule has 0 aromatic heterocycles. The van der Waals surface area contributed by atoms with Crippen LogP contribution in [0.2, 0.25) is 0 Å². The largest absolute Gasteiger partial charge is 0.464 e. The number of benzene rings is 2. The summed E-state index contributed by atoms with van der Waals surface area (Å²) in [4.78, 5) is 24.7. The Kier molecular flexibility index (Phi) is 7.02. The zero-order chi connectivity index (χ0) is 22.3. The second-order valence-corrected chi connectivity index (χ2v) is 7.94. The number of methoxy groups -OCH3 is 1. The maximum Gasteiger partial charge on any atom is 0.412 e. The Morgan fingerprint density at radius 2 is 1.53 bits per heavy atom. The Hall–Kier alpha value is -3.38. The third-order valence-electron chi connectivity index (χ3n) is 5.82. The van der Waals surface area contributed by atoms with Crippen LogP contribution >= 0.6 is 0 Å². The van der Waals surface area contributed by atoms with Gasteiger partial charge in [-0.15, -0.1) is 0 Å². The lowest BCUT2D eigenvalue weighted by atomic mass is 9.73. The summed E-state index contributed by atoms with van der Waals surface area (Å²) in [7, 11) is 1.31. The molecule has 6 nitrogen and oxygen atoms in total. The zero-order valence-electron chi connectivity index (χ0n) is 18.1. The molecule has 2 fully saturated rings. The van der Waals surface area contributed by atoms with Crippen molar-refractivity contribution in [1.82, 2.24) is 5.32 Å². The van der Waals surface area contributed by atoms with Crippen LogP contribution in [0.15, 0.2) is 83.1 Å². The number of hydrogen-bond donors (Lipinski definition) is 1. The van der Waals surface area contributed by atoms with Gasteiger partial charge in [0.2, 0.25) is 0 Å². The highest BCUT2D eigenvalue weighted by atomic mass is 16.6. The van der Waals surface area contributed by atoms with Gasteiger partial charge in [0, 0.05) is 0 Å². The maximum atomic E-state index is 12.4. The minimum absolute atomic E-state index is 0.130. The van der Waals surface area contributed by atoms with Crippen LogP contribution < -0.4 is 5.32 Å². The lowest BCUT2D eigenvalue weighted by Crippen LogP contribution is -2.33. The van der Waals surface area contributed by atoms with E-state index in [4.69, 9.17) is 14.2 Å². The molecule has 166 valence electrons. The minimum atomic E-state index is -0.671. The number of allylic oxidation sites excluding steroid dienone is 2. The van der Waals surface area contributed by atoms with Gasteiger partial charge in [-0.1, -0.05) is 66.2 Å². The zero-order valence-corrected chi connectivity index (χ0v) is 18.1. The van der Waals surface area contributed by atoms with Crippen LogP contribution in [0.1, 0.15) is 36.8 Å². The van der Waals surface area contributed by atoms with E-state index in [1.165, 1.54) is 12.7 Å². The molecule has 0 radical (unpaired) electrons. The third kappa shape index (κ3) is 5.26. The standard InChI is InChI=1S/C26H27NO5/c1-30-25(28)24(27-26(29)32-17-19-10-6-3-7-11-19)23-13-12-22(23)20-14-21(15-20)31-16-18-8-4-2-5-9-18/h2-11,21H,12-17H2,1H3,(H,27,29). The van der Waals surface area contributed by atoms with E-state index in [2.05, 4.69) is 17.4 Å². The van der Waals surface area contributed by atoms with Gasteiger partial charge in [-0.2, -0.15) is 0 Å². The summed E-state index contributed by atoms with van der Waals surface area (Å²) in [5, 5.41) is 2.61. The molecule has 0 heterocycles. The lowest BCUT2D eigenvalue weighted by Gasteiger charge is -2.36. The molecule has 0 bridgehead atoms. The number of amides is 1. The van der Waals surface area contributed by atoms with E-state index >= 15 is 0 Å². The van der Waals surface area contributed by atoms with Crippen molar-refractivity contribution in [3.05, 3.63) is 94.2 Å². The molecule has 0 atom stereocenters. The highest BCUT2D eigenvalue weighted by Crippen LogP contribution is 2.44. The monoisotopic (exact) mass is 433 g/mol. The maximum absolute atomic E-state index is 12.4. The molecule has 1 amide bonds. The van der Waals surface area contributed by atoms with Gasteiger partial charge >= 0.3 is 12.1 Å². The SMILES string of the molecule is COC(=O)C(NC(=O)OCc1ccccc1)=C1CCC1=C1CC(OCc2ccccc2)C1. The molecule has 2 aliphatic carbocycles. The summed E-state index contributed by atoms with van der Waals surface area (Å²) in [6, 6.07) is 19.5. The highest BCUT2D eigenvalue weighted by molar-refractivity contribution is 5.94. The molecular formula is C26H27NO5. The van der Waals surface area contributed by atoms with Crippen LogP contribution in [0.25, 0.3) is 0 Å². The number of carbonyl (C=O) groups is 2. The summed E-state index contributed by atoms with van der Waals surface area (Å²) in [6.07, 6.45) is 2.81. The fourth-order valence-electron chi connectivity index (χ4n) is 3.90. The van der Waals surface area contributed by atoms with E-state index in [-0.39, 0.29) is 18.4 Å². The lowest BCUT2D eigenvalue weighted by molar-refractivity contribution is -0.136. The van der Waals surface area contributed by atoms with Crippen molar-refractivity contribution >= 4 is 12.1 Å². The Labute approximate surface area is 187 Å². The molecule has 2 aromatic carbocycles. The topological polar surface area (TPSA) is 73.9 Å². The highest BCUT2D eigenvalue weighted by Gasteiger charge is 2.34. The minimum Gasteiger partial charge on any atom is -0.464 e. The fraction of sp³-hybridized carbons (Fsp3) is 0.308. The average molecular weight is 434 g/mol. The van der Waals surface area contributed by atoms with Gasteiger partial charge < -0.3 is 14.2 Å². The molecule has 2 aliphatic rings. The summed E-state index contributed by atoms with van der Waals surface area (Å²) in [5.74, 6) is -0.564. The predicted molar refractivity (Wildman–Crippen MR) is 119 cm³/mol. The number of hydrogen-bond acceptors (Lipinski definition) is 5. The second-order valence-electron chi connectivity index (χ2n) is 7.94. The summed E-state index contributed by atoms with van der Waals surface area (Å²) in [5.41, 5.74) is 5.46. The van der Waals surface area contributed by atoms with Gasteiger partial charge in [0.05, 0.1) is 19.8 Å². The number of nitrogens with one attached hydrogen (secondary N) is 1. The van der Waals surface area contributed by atoms with Gasteiger partial charge in [-0.3, -0.25) is 5.32 Å². The van der Waals surface area contributed by atoms with Gasteiger partial charge in [0.25, 0.3) is 0 Å². The third-order valence-corrected chi connectivity index (χ3v) is 5.82. The molecule has 0 aliphatic heterocycles. The van der Waals surface area contributed by atoms with Crippen molar-refractivity contribution < 1.29 is 23.8 Å². The van der Waals surface area contributed by atoms with Crippen molar-refractivity contribution in [2.75, 3.05) is 7.11 Å². The van der Waals surface area contributed by atoms with Crippen molar-refractivity contribution in [1.29, 1.82) is 0 Å². The van der Waals surface area contributed by atoms with Crippen molar-refractivity contribution in [3.63, 3.8) is 0 Å². The van der Waals surface area contributed by atoms with Crippen molar-refractivity contribution in [2.24, 2.45) is 0 Å². The van der Waals surface area contributed by atoms with Gasteiger partial charge in [-0.25, -0.2) is 9.59 Å². The summed E-state index contributed by atoms with van der Waals surface area (Å²) < 4.78 is 16.2. The fourth-order valence-corrected chi connectivity index (χ4v) is 3.90. The van der Waals surface area contributed by atoms with Crippen LogP contribution in [0.5, 0.6) is 0 Å². The Bertz CT molecular complexity index is 1020. The quantitative estimate of drug-likeness (QED) is 0.501. The molecule has 32 heavy (non-hydrogen) atoms. The predicted octanol–water partition coefficient (Wildman–Crippen LogP) is 4.81. The van der Waals surface area contributed by atoms with E-state index in [0.717, 1.165) is 48.0 Å². The molecule has 1 N–H and O–H groups in total.